The van der Waals surface area contributed by atoms with Crippen LogP contribution in [0, 0.1) is 0 Å². The molecule has 43 heavy (non-hydrogen) atoms. The minimum atomic E-state index is -4.12. The molecule has 0 heterocycles. The lowest BCUT2D eigenvalue weighted by Crippen LogP contribution is -2.53. The maximum Gasteiger partial charge on any atom is 0.264 e. The Bertz CT molecular complexity index is 1510. The fourth-order valence-corrected chi connectivity index (χ4v) is 7.02. The van der Waals surface area contributed by atoms with Crippen LogP contribution in [0.3, 0.4) is 0 Å². The minimum Gasteiger partial charge on any atom is -0.352 e. The number of nitrogens with one attached hydrogen (secondary N) is 1. The molecular weight excluding hydrogens is 605 g/mol. The zero-order chi connectivity index (χ0) is 31.1. The summed E-state index contributed by atoms with van der Waals surface area (Å²) in [6.45, 7) is 5.32. The summed E-state index contributed by atoms with van der Waals surface area (Å²) in [6.07, 6.45) is 5.04. The van der Waals surface area contributed by atoms with Gasteiger partial charge in [-0.05, 0) is 73.2 Å². The molecule has 0 unspecified atom stereocenters. The van der Waals surface area contributed by atoms with Gasteiger partial charge in [0.2, 0.25) is 11.8 Å². The summed E-state index contributed by atoms with van der Waals surface area (Å²) < 4.78 is 29.0. The average Bonchev–Trinajstić information content (AvgIpc) is 3.00. The Morgan fingerprint density at radius 3 is 2.14 bits per heavy atom. The van der Waals surface area contributed by atoms with E-state index in [1.54, 1.807) is 55.5 Å². The number of nitrogens with zero attached hydrogens (tertiary/aromatic N) is 2. The van der Waals surface area contributed by atoms with Crippen molar-refractivity contribution in [2.45, 2.75) is 82.3 Å². The van der Waals surface area contributed by atoms with Crippen molar-refractivity contribution in [1.29, 1.82) is 0 Å². The highest BCUT2D eigenvalue weighted by Gasteiger charge is 2.33. The third-order valence-corrected chi connectivity index (χ3v) is 10.4. The van der Waals surface area contributed by atoms with Crippen molar-refractivity contribution < 1.29 is 18.0 Å². The third-order valence-electron chi connectivity index (χ3n) is 7.91. The molecule has 1 atom stereocenters. The largest absolute Gasteiger partial charge is 0.352 e. The molecule has 1 N–H and O–H groups in total. The molecule has 0 spiro atoms. The quantitative estimate of drug-likeness (QED) is 0.240. The van der Waals surface area contributed by atoms with Gasteiger partial charge in [-0.25, -0.2) is 8.42 Å². The first-order chi connectivity index (χ1) is 20.5. The third kappa shape index (κ3) is 8.31. The summed E-state index contributed by atoms with van der Waals surface area (Å²) in [7, 11) is -4.12. The monoisotopic (exact) mass is 643 g/mol. The lowest BCUT2D eigenvalue weighted by atomic mass is 9.95. The molecule has 0 radical (unpaired) electrons. The second-order valence-corrected chi connectivity index (χ2v) is 14.0. The molecule has 1 aliphatic carbocycles. The summed E-state index contributed by atoms with van der Waals surface area (Å²) in [5, 5.41) is 3.80. The number of halogens is 2. The summed E-state index contributed by atoms with van der Waals surface area (Å²) in [6, 6.07) is 19.4. The lowest BCUT2D eigenvalue weighted by Gasteiger charge is -2.33. The first kappa shape index (κ1) is 32.8. The van der Waals surface area contributed by atoms with E-state index in [0.29, 0.717) is 21.3 Å². The van der Waals surface area contributed by atoms with Crippen LogP contribution in [0.25, 0.3) is 0 Å². The smallest absolute Gasteiger partial charge is 0.264 e. The van der Waals surface area contributed by atoms with E-state index in [-0.39, 0.29) is 29.3 Å². The predicted octanol–water partition coefficient (Wildman–Crippen LogP) is 7.18. The van der Waals surface area contributed by atoms with Gasteiger partial charge in [0.1, 0.15) is 12.6 Å². The molecule has 10 heteroatoms. The van der Waals surface area contributed by atoms with Crippen molar-refractivity contribution in [3.63, 3.8) is 0 Å². The molecule has 1 fully saturated rings. The van der Waals surface area contributed by atoms with Crippen LogP contribution in [0.15, 0.2) is 77.7 Å². The van der Waals surface area contributed by atoms with E-state index in [1.807, 2.05) is 12.1 Å². The highest BCUT2D eigenvalue weighted by Crippen LogP contribution is 2.28. The van der Waals surface area contributed by atoms with Gasteiger partial charge >= 0.3 is 0 Å². The van der Waals surface area contributed by atoms with E-state index in [4.69, 9.17) is 23.2 Å². The van der Waals surface area contributed by atoms with Crippen LogP contribution < -0.4 is 9.62 Å². The molecule has 2 amide bonds. The van der Waals surface area contributed by atoms with Crippen molar-refractivity contribution in [3.05, 3.63) is 94.0 Å². The molecule has 3 aromatic carbocycles. The number of hydrogen-bond acceptors (Lipinski definition) is 4. The average molecular weight is 645 g/mol. The summed E-state index contributed by atoms with van der Waals surface area (Å²) in [5.74, 6) is -0.552. The number of benzene rings is 3. The molecule has 0 saturated heterocycles. The van der Waals surface area contributed by atoms with Crippen LogP contribution in [-0.4, -0.2) is 43.8 Å². The predicted molar refractivity (Wildman–Crippen MR) is 173 cm³/mol. The Kier molecular flexibility index (Phi) is 11.2. The molecule has 0 bridgehead atoms. The van der Waals surface area contributed by atoms with E-state index >= 15 is 0 Å². The molecule has 7 nitrogen and oxygen atoms in total. The number of hydrogen-bond donors (Lipinski definition) is 1. The van der Waals surface area contributed by atoms with E-state index in [1.165, 1.54) is 17.0 Å². The number of sulfonamides is 1. The van der Waals surface area contributed by atoms with Crippen molar-refractivity contribution in [3.8, 4) is 0 Å². The lowest BCUT2D eigenvalue weighted by molar-refractivity contribution is -0.139. The fraction of sp³-hybridized carbons (Fsp3) is 0.394. The maximum absolute atomic E-state index is 14.2. The zero-order valence-electron chi connectivity index (χ0n) is 24.8. The van der Waals surface area contributed by atoms with Gasteiger partial charge in [0.25, 0.3) is 10.0 Å². The first-order valence-electron chi connectivity index (χ1n) is 14.7. The number of carbonyl (C=O) groups is 2. The Morgan fingerprint density at radius 2 is 1.53 bits per heavy atom. The number of rotatable bonds is 11. The molecule has 3 aromatic rings. The van der Waals surface area contributed by atoms with Crippen LogP contribution in [-0.2, 0) is 26.2 Å². The summed E-state index contributed by atoms with van der Waals surface area (Å²) >= 11 is 12.4. The Labute approximate surface area is 265 Å². The second kappa shape index (κ2) is 14.6. The summed E-state index contributed by atoms with van der Waals surface area (Å²) in [4.78, 5) is 29.1. The number of anilines is 1. The molecule has 0 aliphatic heterocycles. The van der Waals surface area contributed by atoms with Crippen LogP contribution in [0.1, 0.15) is 69.9 Å². The maximum atomic E-state index is 14.2. The van der Waals surface area contributed by atoms with Gasteiger partial charge in [0.15, 0.2) is 0 Å². The van der Waals surface area contributed by atoms with Crippen LogP contribution in [0.2, 0.25) is 10.0 Å². The van der Waals surface area contributed by atoms with Gasteiger partial charge < -0.3 is 10.2 Å². The standard InChI is InChI=1S/C33H39Cl2N3O4S/c1-23(2)26-15-17-28(18-16-26)38(43(41,42)29-12-8-5-9-13-29)22-32(39)37(21-25-14-19-30(34)31(35)20-25)24(3)33(40)36-27-10-6-4-7-11-27/h5,8-9,12-20,23-24,27H,4,6-7,10-11,21-22H2,1-3H3,(H,36,40)/t24-/m0/s1. The first-order valence-corrected chi connectivity index (χ1v) is 16.9. The molecule has 1 saturated carbocycles. The highest BCUT2D eigenvalue weighted by molar-refractivity contribution is 7.92. The molecule has 1 aliphatic rings. The van der Waals surface area contributed by atoms with Crippen LogP contribution in [0.4, 0.5) is 5.69 Å². The highest BCUT2D eigenvalue weighted by atomic mass is 35.5. The van der Waals surface area contributed by atoms with Gasteiger partial charge in [-0.1, -0.05) is 92.7 Å². The van der Waals surface area contributed by atoms with Crippen molar-refractivity contribution >= 4 is 50.7 Å². The van der Waals surface area contributed by atoms with Gasteiger partial charge in [0, 0.05) is 12.6 Å². The van der Waals surface area contributed by atoms with Gasteiger partial charge in [-0.15, -0.1) is 0 Å². The summed E-state index contributed by atoms with van der Waals surface area (Å²) in [5.41, 5.74) is 2.07. The Morgan fingerprint density at radius 1 is 0.884 bits per heavy atom. The Balaban J connectivity index is 1.69. The SMILES string of the molecule is CC(C)c1ccc(N(CC(=O)N(Cc2ccc(Cl)c(Cl)c2)[C@@H](C)C(=O)NC2CCCCC2)S(=O)(=O)c2ccccc2)cc1. The van der Waals surface area contributed by atoms with Crippen LogP contribution in [0.5, 0.6) is 0 Å². The molecular formula is C33H39Cl2N3O4S. The molecule has 0 aromatic heterocycles. The molecule has 4 rings (SSSR count). The van der Waals surface area contributed by atoms with E-state index in [0.717, 1.165) is 42.0 Å². The fourth-order valence-electron chi connectivity index (χ4n) is 5.26. The minimum absolute atomic E-state index is 0.0422. The van der Waals surface area contributed by atoms with Gasteiger partial charge in [0.05, 0.1) is 20.6 Å². The normalized spacial score (nSPS) is 14.7. The van der Waals surface area contributed by atoms with E-state index in [2.05, 4.69) is 19.2 Å². The molecule has 230 valence electrons. The number of amides is 2. The second-order valence-electron chi connectivity index (χ2n) is 11.4. The Hall–Kier alpha value is -3.07. The zero-order valence-corrected chi connectivity index (χ0v) is 27.1. The topological polar surface area (TPSA) is 86.8 Å². The van der Waals surface area contributed by atoms with Gasteiger partial charge in [-0.3, -0.25) is 13.9 Å². The van der Waals surface area contributed by atoms with Crippen molar-refractivity contribution in [2.75, 3.05) is 10.8 Å². The van der Waals surface area contributed by atoms with Crippen LogP contribution >= 0.6 is 23.2 Å². The van der Waals surface area contributed by atoms with E-state index in [9.17, 15) is 18.0 Å². The van der Waals surface area contributed by atoms with Crippen molar-refractivity contribution in [2.24, 2.45) is 0 Å². The van der Waals surface area contributed by atoms with E-state index < -0.39 is 28.5 Å². The van der Waals surface area contributed by atoms with Gasteiger partial charge in [-0.2, -0.15) is 0 Å². The number of carbonyl (C=O) groups excluding carboxylic acids is 2. The van der Waals surface area contributed by atoms with Crippen molar-refractivity contribution in [1.82, 2.24) is 10.2 Å².